The summed E-state index contributed by atoms with van der Waals surface area (Å²) in [4.78, 5) is 21.6. The molecule has 1 aliphatic rings. The lowest BCUT2D eigenvalue weighted by molar-refractivity contribution is -0.162. The SMILES string of the molecule is CC(=O)OC[C@H]1OC(C)C=C[C@@H]1OC(C)=O. The van der Waals surface area contributed by atoms with Gasteiger partial charge in [0.25, 0.3) is 0 Å². The summed E-state index contributed by atoms with van der Waals surface area (Å²) in [6, 6.07) is 0. The molecule has 0 amide bonds. The molecule has 1 unspecified atom stereocenters. The molecule has 1 heterocycles. The highest BCUT2D eigenvalue weighted by Crippen LogP contribution is 2.16. The van der Waals surface area contributed by atoms with Gasteiger partial charge in [-0.3, -0.25) is 9.59 Å². The van der Waals surface area contributed by atoms with Gasteiger partial charge in [-0.05, 0) is 13.0 Å². The minimum absolute atomic E-state index is 0.0765. The second kappa shape index (κ2) is 5.65. The number of carbonyl (C=O) groups is 2. The standard InChI is InChI=1S/C11H16O5/c1-7-4-5-10(16-9(3)13)11(15-7)6-14-8(2)12/h4-5,7,10-11H,6H2,1-3H3/t7?,10-,11+/m0/s1. The Morgan fingerprint density at radius 3 is 2.50 bits per heavy atom. The van der Waals surface area contributed by atoms with Crippen LogP contribution in [0.25, 0.3) is 0 Å². The molecule has 3 atom stereocenters. The fraction of sp³-hybridized carbons (Fsp3) is 0.636. The Kier molecular flexibility index (Phi) is 4.49. The molecule has 90 valence electrons. The zero-order chi connectivity index (χ0) is 12.1. The second-order valence-electron chi connectivity index (χ2n) is 3.64. The Morgan fingerprint density at radius 2 is 1.94 bits per heavy atom. The highest BCUT2D eigenvalue weighted by molar-refractivity contribution is 5.66. The molecule has 5 nitrogen and oxygen atoms in total. The second-order valence-corrected chi connectivity index (χ2v) is 3.64. The van der Waals surface area contributed by atoms with Crippen molar-refractivity contribution in [2.75, 3.05) is 6.61 Å². The quantitative estimate of drug-likeness (QED) is 0.528. The van der Waals surface area contributed by atoms with E-state index in [-0.39, 0.29) is 24.6 Å². The maximum absolute atomic E-state index is 10.9. The minimum Gasteiger partial charge on any atom is -0.463 e. The van der Waals surface area contributed by atoms with Crippen LogP contribution in [0.1, 0.15) is 20.8 Å². The Labute approximate surface area is 94.4 Å². The lowest BCUT2D eigenvalue weighted by Crippen LogP contribution is -2.40. The summed E-state index contributed by atoms with van der Waals surface area (Å²) in [6.45, 7) is 4.60. The van der Waals surface area contributed by atoms with Crippen molar-refractivity contribution in [3.8, 4) is 0 Å². The third-order valence-electron chi connectivity index (χ3n) is 2.08. The summed E-state index contributed by atoms with van der Waals surface area (Å²) in [5, 5.41) is 0. The van der Waals surface area contributed by atoms with Crippen molar-refractivity contribution in [2.24, 2.45) is 0 Å². The molecule has 0 spiro atoms. The van der Waals surface area contributed by atoms with Gasteiger partial charge in [-0.25, -0.2) is 0 Å². The number of carbonyl (C=O) groups excluding carboxylic acids is 2. The van der Waals surface area contributed by atoms with Crippen molar-refractivity contribution in [3.05, 3.63) is 12.2 Å². The predicted molar refractivity (Wildman–Crippen MR) is 55.7 cm³/mol. The van der Waals surface area contributed by atoms with Gasteiger partial charge in [-0.1, -0.05) is 6.08 Å². The number of ether oxygens (including phenoxy) is 3. The van der Waals surface area contributed by atoms with Gasteiger partial charge in [0.15, 0.2) is 0 Å². The predicted octanol–water partition coefficient (Wildman–Crippen LogP) is 0.825. The molecule has 16 heavy (non-hydrogen) atoms. The lowest BCUT2D eigenvalue weighted by Gasteiger charge is -2.29. The van der Waals surface area contributed by atoms with Crippen molar-refractivity contribution in [2.45, 2.75) is 39.1 Å². The van der Waals surface area contributed by atoms with Crippen LogP contribution in [0, 0.1) is 0 Å². The van der Waals surface area contributed by atoms with Crippen molar-refractivity contribution in [3.63, 3.8) is 0 Å². The van der Waals surface area contributed by atoms with Gasteiger partial charge in [-0.2, -0.15) is 0 Å². The summed E-state index contributed by atoms with van der Waals surface area (Å²) >= 11 is 0. The van der Waals surface area contributed by atoms with E-state index in [1.807, 2.05) is 6.92 Å². The van der Waals surface area contributed by atoms with Crippen LogP contribution < -0.4 is 0 Å². The first-order valence-corrected chi connectivity index (χ1v) is 5.13. The molecule has 0 saturated heterocycles. The summed E-state index contributed by atoms with van der Waals surface area (Å²) < 4.78 is 15.4. The van der Waals surface area contributed by atoms with Crippen molar-refractivity contribution in [1.29, 1.82) is 0 Å². The van der Waals surface area contributed by atoms with E-state index in [4.69, 9.17) is 14.2 Å². The molecule has 1 rings (SSSR count). The number of esters is 2. The van der Waals surface area contributed by atoms with Crippen LogP contribution in [0.2, 0.25) is 0 Å². The Hall–Kier alpha value is -1.36. The Bertz CT molecular complexity index is 297. The molecule has 0 N–H and O–H groups in total. The highest BCUT2D eigenvalue weighted by atomic mass is 16.6. The third-order valence-corrected chi connectivity index (χ3v) is 2.08. The van der Waals surface area contributed by atoms with Gasteiger partial charge in [-0.15, -0.1) is 0 Å². The molecule has 0 aromatic rings. The topological polar surface area (TPSA) is 61.8 Å². The average molecular weight is 228 g/mol. The van der Waals surface area contributed by atoms with E-state index < -0.39 is 12.2 Å². The fourth-order valence-electron chi connectivity index (χ4n) is 1.43. The summed E-state index contributed by atoms with van der Waals surface area (Å²) in [5.41, 5.74) is 0. The van der Waals surface area contributed by atoms with Gasteiger partial charge in [0, 0.05) is 13.8 Å². The van der Waals surface area contributed by atoms with Crippen LogP contribution in [0.4, 0.5) is 0 Å². The fourth-order valence-corrected chi connectivity index (χ4v) is 1.43. The van der Waals surface area contributed by atoms with Crippen molar-refractivity contribution < 1.29 is 23.8 Å². The smallest absolute Gasteiger partial charge is 0.303 e. The summed E-state index contributed by atoms with van der Waals surface area (Å²) in [7, 11) is 0. The van der Waals surface area contributed by atoms with Crippen LogP contribution in [-0.4, -0.2) is 36.9 Å². The van der Waals surface area contributed by atoms with Crippen molar-refractivity contribution in [1.82, 2.24) is 0 Å². The van der Waals surface area contributed by atoms with E-state index in [9.17, 15) is 9.59 Å². The molecule has 5 heteroatoms. The highest BCUT2D eigenvalue weighted by Gasteiger charge is 2.28. The average Bonchev–Trinajstić information content (AvgIpc) is 2.17. The molecular weight excluding hydrogens is 212 g/mol. The summed E-state index contributed by atoms with van der Waals surface area (Å²) in [6.07, 6.45) is 2.55. The number of hydrogen-bond acceptors (Lipinski definition) is 5. The normalized spacial score (nSPS) is 28.6. The van der Waals surface area contributed by atoms with E-state index in [2.05, 4.69) is 0 Å². The Morgan fingerprint density at radius 1 is 1.25 bits per heavy atom. The number of rotatable bonds is 3. The van der Waals surface area contributed by atoms with Gasteiger partial charge >= 0.3 is 11.9 Å². The molecule has 0 aromatic carbocycles. The maximum Gasteiger partial charge on any atom is 0.303 e. The minimum atomic E-state index is -0.493. The van der Waals surface area contributed by atoms with Crippen LogP contribution in [0.3, 0.4) is 0 Å². The first-order valence-electron chi connectivity index (χ1n) is 5.13. The third kappa shape index (κ3) is 4.02. The van der Waals surface area contributed by atoms with E-state index >= 15 is 0 Å². The molecule has 0 fully saturated rings. The zero-order valence-electron chi connectivity index (χ0n) is 9.64. The van der Waals surface area contributed by atoms with Gasteiger partial charge in [0.05, 0.1) is 6.10 Å². The van der Waals surface area contributed by atoms with Gasteiger partial charge in [0.2, 0.25) is 0 Å². The first kappa shape index (κ1) is 12.7. The van der Waals surface area contributed by atoms with E-state index in [0.717, 1.165) is 0 Å². The molecule has 0 radical (unpaired) electrons. The lowest BCUT2D eigenvalue weighted by atomic mass is 10.1. The molecular formula is C11H16O5. The van der Waals surface area contributed by atoms with E-state index in [1.165, 1.54) is 13.8 Å². The monoisotopic (exact) mass is 228 g/mol. The van der Waals surface area contributed by atoms with Gasteiger partial charge in [0.1, 0.15) is 18.8 Å². The number of hydrogen-bond donors (Lipinski definition) is 0. The van der Waals surface area contributed by atoms with Crippen molar-refractivity contribution >= 4 is 11.9 Å². The molecule has 0 saturated carbocycles. The Balaban J connectivity index is 2.58. The van der Waals surface area contributed by atoms with Crippen LogP contribution >= 0.6 is 0 Å². The molecule has 0 aromatic heterocycles. The van der Waals surface area contributed by atoms with E-state index in [0.29, 0.717) is 0 Å². The maximum atomic E-state index is 10.9. The van der Waals surface area contributed by atoms with E-state index in [1.54, 1.807) is 12.2 Å². The molecule has 0 aliphatic carbocycles. The summed E-state index contributed by atoms with van der Waals surface area (Å²) in [5.74, 6) is -0.770. The molecule has 0 bridgehead atoms. The van der Waals surface area contributed by atoms with Crippen LogP contribution in [-0.2, 0) is 23.8 Å². The van der Waals surface area contributed by atoms with Crippen LogP contribution in [0.5, 0.6) is 0 Å². The van der Waals surface area contributed by atoms with Crippen LogP contribution in [0.15, 0.2) is 12.2 Å². The van der Waals surface area contributed by atoms with Gasteiger partial charge < -0.3 is 14.2 Å². The largest absolute Gasteiger partial charge is 0.463 e. The molecule has 1 aliphatic heterocycles. The first-order chi connectivity index (χ1) is 7.49. The zero-order valence-corrected chi connectivity index (χ0v) is 9.64.